The summed E-state index contributed by atoms with van der Waals surface area (Å²) in [5.41, 5.74) is 0.410. The fourth-order valence-corrected chi connectivity index (χ4v) is 5.60. The summed E-state index contributed by atoms with van der Waals surface area (Å²) in [7, 11) is 0. The summed E-state index contributed by atoms with van der Waals surface area (Å²) in [4.78, 5) is 21.7. The Kier molecular flexibility index (Phi) is 5.76. The van der Waals surface area contributed by atoms with Crippen LogP contribution >= 0.6 is 0 Å². The number of likely N-dealkylation sites (tertiary alicyclic amines) is 1. The number of carbonyl (C=O) groups is 1. The quantitative estimate of drug-likeness (QED) is 0.776. The Labute approximate surface area is 188 Å². The number of aliphatic hydroxyl groups excluding tert-OH is 1. The van der Waals surface area contributed by atoms with E-state index < -0.39 is 5.82 Å². The molecular weight excluding hydrogens is 409 g/mol. The van der Waals surface area contributed by atoms with Crippen molar-refractivity contribution in [3.63, 3.8) is 0 Å². The lowest BCUT2D eigenvalue weighted by atomic mass is 9.78. The summed E-state index contributed by atoms with van der Waals surface area (Å²) in [6, 6.07) is 8.66. The molecule has 1 amide bonds. The molecule has 5 rings (SSSR count). The van der Waals surface area contributed by atoms with Crippen LogP contribution in [0.2, 0.25) is 0 Å². The second-order valence-corrected chi connectivity index (χ2v) is 9.42. The Hall–Kier alpha value is -2.67. The first-order valence-electron chi connectivity index (χ1n) is 11.7. The van der Waals surface area contributed by atoms with Crippen LogP contribution in [0.4, 0.5) is 10.1 Å². The van der Waals surface area contributed by atoms with Gasteiger partial charge in [-0.2, -0.15) is 0 Å². The number of anilines is 1. The number of amides is 1. The Bertz CT molecular complexity index is 964. The van der Waals surface area contributed by atoms with Gasteiger partial charge in [-0.3, -0.25) is 9.78 Å². The van der Waals surface area contributed by atoms with Crippen LogP contribution < -0.4 is 9.64 Å². The van der Waals surface area contributed by atoms with E-state index in [9.17, 15) is 14.3 Å². The van der Waals surface area contributed by atoms with Crippen molar-refractivity contribution in [2.75, 3.05) is 24.5 Å². The normalized spacial score (nSPS) is 28.4. The second kappa shape index (κ2) is 8.70. The van der Waals surface area contributed by atoms with E-state index >= 15 is 0 Å². The Morgan fingerprint density at radius 3 is 2.59 bits per heavy atom. The average molecular weight is 440 g/mol. The zero-order valence-corrected chi connectivity index (χ0v) is 18.3. The Morgan fingerprint density at radius 2 is 1.84 bits per heavy atom. The van der Waals surface area contributed by atoms with Gasteiger partial charge in [-0.25, -0.2) is 4.39 Å². The van der Waals surface area contributed by atoms with E-state index in [2.05, 4.69) is 14.8 Å². The van der Waals surface area contributed by atoms with Crippen LogP contribution in [0, 0.1) is 11.2 Å². The van der Waals surface area contributed by atoms with E-state index in [4.69, 9.17) is 4.74 Å². The van der Waals surface area contributed by atoms with Crippen molar-refractivity contribution >= 4 is 11.6 Å². The first-order valence-corrected chi connectivity index (χ1v) is 11.7. The lowest BCUT2D eigenvalue weighted by Crippen LogP contribution is -2.50. The fraction of sp³-hybridized carbons (Fsp3) is 0.520. The summed E-state index contributed by atoms with van der Waals surface area (Å²) < 4.78 is 20.4. The molecule has 1 spiro atoms. The lowest BCUT2D eigenvalue weighted by Gasteiger charge is -2.41. The maximum Gasteiger partial charge on any atom is 0.230 e. The molecule has 0 radical (unpaired) electrons. The summed E-state index contributed by atoms with van der Waals surface area (Å²) in [6.45, 7) is 2.23. The predicted octanol–water partition coefficient (Wildman–Crippen LogP) is 4.14. The third-order valence-electron chi connectivity index (χ3n) is 7.39. The molecule has 2 aromatic rings. The van der Waals surface area contributed by atoms with Gasteiger partial charge in [0, 0.05) is 49.8 Å². The number of halogens is 1. The number of aliphatic hydroxyl groups is 1. The van der Waals surface area contributed by atoms with Crippen molar-refractivity contribution in [2.45, 2.75) is 57.1 Å². The molecule has 1 saturated carbocycles. The number of hydrogen-bond donors (Lipinski definition) is 1. The van der Waals surface area contributed by atoms with E-state index in [1.165, 1.54) is 6.07 Å². The van der Waals surface area contributed by atoms with Crippen molar-refractivity contribution in [3.8, 4) is 11.5 Å². The first kappa shape index (κ1) is 21.2. The Balaban J connectivity index is 1.29. The van der Waals surface area contributed by atoms with E-state index in [0.717, 1.165) is 63.7 Å². The number of nitrogens with zero attached hydrogens (tertiary/aromatic N) is 3. The molecule has 0 bridgehead atoms. The van der Waals surface area contributed by atoms with Gasteiger partial charge in [0.05, 0.1) is 11.5 Å². The highest BCUT2D eigenvalue weighted by Gasteiger charge is 2.50. The van der Waals surface area contributed by atoms with Gasteiger partial charge in [0.1, 0.15) is 5.75 Å². The molecule has 3 fully saturated rings. The van der Waals surface area contributed by atoms with E-state index in [0.29, 0.717) is 12.3 Å². The van der Waals surface area contributed by atoms with Crippen molar-refractivity contribution < 1.29 is 19.0 Å². The van der Waals surface area contributed by atoms with Crippen LogP contribution in [0.3, 0.4) is 0 Å². The van der Waals surface area contributed by atoms with Crippen molar-refractivity contribution in [3.05, 3.63) is 48.5 Å². The number of carbonyl (C=O) groups excluding carboxylic acids is 1. The molecule has 1 aromatic carbocycles. The topological polar surface area (TPSA) is 65.9 Å². The number of rotatable bonds is 4. The standard InChI is InChI=1S/C25H30FN3O3/c26-22-16-19(4-7-23(22)32-21-8-12-27-13-9-21)28-14-1-10-25(17-28)11-15-29(24(25)31)18-2-5-20(30)6-3-18/h4,7-9,12-13,16,18,20,30H,1-3,5-6,10-11,14-15,17H2/t18?,20?,25-/m1/s1. The summed E-state index contributed by atoms with van der Waals surface area (Å²) >= 11 is 0. The van der Waals surface area contributed by atoms with Gasteiger partial charge in [0.2, 0.25) is 5.91 Å². The highest BCUT2D eigenvalue weighted by atomic mass is 19.1. The SMILES string of the molecule is O=C1N(C2CCC(O)CC2)CC[C@@]12CCCN(c1ccc(Oc3ccncc3)c(F)c1)C2. The van der Waals surface area contributed by atoms with Crippen molar-refractivity contribution in [2.24, 2.45) is 5.41 Å². The van der Waals surface area contributed by atoms with Gasteiger partial charge in [0.25, 0.3) is 0 Å². The van der Waals surface area contributed by atoms with Gasteiger partial charge in [-0.15, -0.1) is 0 Å². The highest BCUT2D eigenvalue weighted by molar-refractivity contribution is 5.86. The molecule has 3 heterocycles. The number of benzene rings is 1. The maximum absolute atomic E-state index is 14.8. The van der Waals surface area contributed by atoms with Crippen molar-refractivity contribution in [1.29, 1.82) is 0 Å². The lowest BCUT2D eigenvalue weighted by molar-refractivity contribution is -0.139. The number of piperidine rings is 1. The third-order valence-corrected chi connectivity index (χ3v) is 7.39. The predicted molar refractivity (Wildman–Crippen MR) is 119 cm³/mol. The molecule has 1 atom stereocenters. The second-order valence-electron chi connectivity index (χ2n) is 9.42. The number of pyridine rings is 1. The smallest absolute Gasteiger partial charge is 0.230 e. The van der Waals surface area contributed by atoms with Crippen LogP contribution in [-0.4, -0.2) is 52.7 Å². The van der Waals surface area contributed by atoms with Crippen LogP contribution in [-0.2, 0) is 4.79 Å². The molecule has 2 saturated heterocycles. The largest absolute Gasteiger partial charge is 0.454 e. The molecule has 32 heavy (non-hydrogen) atoms. The molecule has 170 valence electrons. The van der Waals surface area contributed by atoms with Crippen LogP contribution in [0.15, 0.2) is 42.7 Å². The molecule has 7 heteroatoms. The van der Waals surface area contributed by atoms with Crippen LogP contribution in [0.1, 0.15) is 44.9 Å². The summed E-state index contributed by atoms with van der Waals surface area (Å²) in [5, 5.41) is 9.81. The molecular formula is C25H30FN3O3. The molecule has 0 unspecified atom stereocenters. The zero-order chi connectivity index (χ0) is 22.1. The van der Waals surface area contributed by atoms with E-state index in [1.54, 1.807) is 30.6 Å². The summed E-state index contributed by atoms with van der Waals surface area (Å²) in [6.07, 6.45) is 8.98. The van der Waals surface area contributed by atoms with E-state index in [-0.39, 0.29) is 29.2 Å². The third kappa shape index (κ3) is 4.06. The maximum atomic E-state index is 14.8. The minimum atomic E-state index is -0.418. The van der Waals surface area contributed by atoms with E-state index in [1.807, 2.05) is 6.07 Å². The van der Waals surface area contributed by atoms with Gasteiger partial charge >= 0.3 is 0 Å². The van der Waals surface area contributed by atoms with Crippen LogP contribution in [0.5, 0.6) is 11.5 Å². The van der Waals surface area contributed by atoms with Gasteiger partial charge < -0.3 is 19.6 Å². The zero-order valence-electron chi connectivity index (χ0n) is 18.3. The van der Waals surface area contributed by atoms with Gasteiger partial charge in [-0.1, -0.05) is 0 Å². The molecule has 1 aliphatic carbocycles. The van der Waals surface area contributed by atoms with Crippen LogP contribution in [0.25, 0.3) is 0 Å². The van der Waals surface area contributed by atoms with Gasteiger partial charge in [0.15, 0.2) is 11.6 Å². The minimum Gasteiger partial charge on any atom is -0.454 e. The number of aromatic nitrogens is 1. The molecule has 1 aromatic heterocycles. The number of ether oxygens (including phenoxy) is 1. The summed E-state index contributed by atoms with van der Waals surface area (Å²) in [5.74, 6) is 0.547. The van der Waals surface area contributed by atoms with Crippen molar-refractivity contribution in [1.82, 2.24) is 9.88 Å². The molecule has 2 aliphatic heterocycles. The minimum absolute atomic E-state index is 0.175. The first-order chi connectivity index (χ1) is 15.5. The van der Waals surface area contributed by atoms with Gasteiger partial charge in [-0.05, 0) is 69.2 Å². The monoisotopic (exact) mass is 439 g/mol. The molecule has 1 N–H and O–H groups in total. The molecule has 6 nitrogen and oxygen atoms in total. The Morgan fingerprint density at radius 1 is 1.06 bits per heavy atom. The highest BCUT2D eigenvalue weighted by Crippen LogP contribution is 2.43. The fourth-order valence-electron chi connectivity index (χ4n) is 5.60. The molecule has 3 aliphatic rings. The number of hydrogen-bond acceptors (Lipinski definition) is 5. The average Bonchev–Trinajstić information content (AvgIpc) is 3.12.